The van der Waals surface area contributed by atoms with Crippen LogP contribution in [0.15, 0.2) is 95.5 Å². The molecule has 16 heteroatoms. The van der Waals surface area contributed by atoms with Gasteiger partial charge in [0.05, 0.1) is 0 Å². The molecule has 0 bridgehead atoms. The molecule has 0 saturated carbocycles. The van der Waals surface area contributed by atoms with Crippen LogP contribution >= 0.6 is 42.9 Å². The van der Waals surface area contributed by atoms with Crippen LogP contribution < -0.4 is 143 Å². The molecule has 0 aliphatic carbocycles. The summed E-state index contributed by atoms with van der Waals surface area (Å²) in [6.45, 7) is 0. The fourth-order valence-electron chi connectivity index (χ4n) is 3.97. The van der Waals surface area contributed by atoms with Crippen LogP contribution in [0.2, 0.25) is 0 Å². The molecule has 4 rings (SSSR count). The Morgan fingerprint density at radius 1 is 0.711 bits per heavy atom. The second-order valence-electron chi connectivity index (χ2n) is 9.06. The Morgan fingerprint density at radius 3 is 1.82 bits per heavy atom. The van der Waals surface area contributed by atoms with Gasteiger partial charge in [0.25, 0.3) is 5.66 Å². The van der Waals surface area contributed by atoms with Crippen molar-refractivity contribution in [2.75, 3.05) is 0 Å². The number of rotatable bonds is 10. The maximum atomic E-state index is 13.9. The standard InChI is InChI=1S/C29H25BrF2O6P2S.4Na/c30-27-16-22(9-15-26(27)29(31,32)40(36,37)38)19-41-18-21-7-10-23(11-8-21)25-14-13-24(28(17-25)39(33,34)35)12-6-20-4-2-1-3-5-20;;;;/h1-17H,18-19H2,(H2,33,34,35)(H2,36,37,38);;;;/q;4*+1/p-4/b12-6+;;;;. The van der Waals surface area contributed by atoms with Crippen LogP contribution in [0.4, 0.5) is 8.78 Å². The molecule has 0 atom stereocenters. The molecule has 0 radical (unpaired) electrons. The van der Waals surface area contributed by atoms with Gasteiger partial charge in [-0.2, -0.15) is 20.5 Å². The van der Waals surface area contributed by atoms with Gasteiger partial charge < -0.3 is 28.7 Å². The minimum atomic E-state index is -6.17. The summed E-state index contributed by atoms with van der Waals surface area (Å²) >= 11 is 4.42. The topological polar surface area (TPSA) is 126 Å². The van der Waals surface area contributed by atoms with Crippen LogP contribution in [0, 0.1) is 0 Å². The van der Waals surface area contributed by atoms with E-state index in [2.05, 4.69) is 15.9 Å². The van der Waals surface area contributed by atoms with Crippen LogP contribution in [-0.4, -0.2) is 0 Å². The quantitative estimate of drug-likeness (QED) is 0.0893. The molecule has 0 heterocycles. The summed E-state index contributed by atoms with van der Waals surface area (Å²) in [6.07, 6.45) is 3.33. The maximum Gasteiger partial charge on any atom is 1.00 e. The summed E-state index contributed by atoms with van der Waals surface area (Å²) in [5, 5.41) is -0.287. The molecule has 214 valence electrons. The van der Waals surface area contributed by atoms with E-state index in [1.807, 2.05) is 54.6 Å². The van der Waals surface area contributed by atoms with Crippen molar-refractivity contribution in [1.82, 2.24) is 0 Å². The Bertz CT molecular complexity index is 1670. The maximum absolute atomic E-state index is 13.9. The van der Waals surface area contributed by atoms with Crippen LogP contribution in [0.5, 0.6) is 0 Å². The average Bonchev–Trinajstić information content (AvgIpc) is 2.91. The number of halogens is 3. The van der Waals surface area contributed by atoms with Gasteiger partial charge in [-0.25, -0.2) is 0 Å². The molecule has 6 nitrogen and oxygen atoms in total. The zero-order valence-electron chi connectivity index (χ0n) is 25.1. The van der Waals surface area contributed by atoms with Gasteiger partial charge in [0.1, 0.15) is 0 Å². The van der Waals surface area contributed by atoms with Gasteiger partial charge in [0.15, 0.2) is 0 Å². The monoisotopic (exact) mass is 768 g/mol. The van der Waals surface area contributed by atoms with E-state index < -0.39 is 26.4 Å². The van der Waals surface area contributed by atoms with Crippen molar-refractivity contribution in [2.45, 2.75) is 17.2 Å². The smallest absolute Gasteiger partial charge is 0.807 e. The number of benzene rings is 4. The molecular formula is C29H21BrF2Na4O6P2S. The minimum absolute atomic E-state index is 0. The summed E-state index contributed by atoms with van der Waals surface area (Å²) in [6, 6.07) is 25.0. The molecule has 4 aromatic rings. The summed E-state index contributed by atoms with van der Waals surface area (Å²) in [4.78, 5) is 45.9. The first-order chi connectivity index (χ1) is 19.3. The van der Waals surface area contributed by atoms with E-state index in [0.717, 1.165) is 22.8 Å². The van der Waals surface area contributed by atoms with Crippen molar-refractivity contribution < 1.29 is 156 Å². The van der Waals surface area contributed by atoms with E-state index in [1.165, 1.54) is 30.0 Å². The van der Waals surface area contributed by atoms with E-state index >= 15 is 0 Å². The zero-order valence-corrected chi connectivity index (χ0v) is 37.3. The van der Waals surface area contributed by atoms with Gasteiger partial charge in [0.2, 0.25) is 0 Å². The fourth-order valence-corrected chi connectivity index (χ4v) is 7.00. The van der Waals surface area contributed by atoms with Crippen LogP contribution in [0.3, 0.4) is 0 Å². The second kappa shape index (κ2) is 20.5. The molecule has 0 aliphatic rings. The Kier molecular flexibility index (Phi) is 21.2. The summed E-state index contributed by atoms with van der Waals surface area (Å²) < 4.78 is 50.6. The molecular weight excluding hydrogens is 748 g/mol. The van der Waals surface area contributed by atoms with Crippen molar-refractivity contribution in [2.24, 2.45) is 0 Å². The van der Waals surface area contributed by atoms with Gasteiger partial charge in [-0.3, -0.25) is 0 Å². The van der Waals surface area contributed by atoms with Crippen molar-refractivity contribution >= 4 is 60.3 Å². The van der Waals surface area contributed by atoms with E-state index in [9.17, 15) is 37.5 Å². The molecule has 0 aliphatic heterocycles. The van der Waals surface area contributed by atoms with Gasteiger partial charge in [0, 0.05) is 29.1 Å². The van der Waals surface area contributed by atoms with Crippen molar-refractivity contribution in [3.05, 3.63) is 123 Å². The van der Waals surface area contributed by atoms with E-state index in [4.69, 9.17) is 0 Å². The number of thioether (sulfide) groups is 1. The molecule has 45 heavy (non-hydrogen) atoms. The molecule has 0 spiro atoms. The first kappa shape index (κ1) is 46.6. The molecule has 0 aromatic heterocycles. The average molecular weight is 769 g/mol. The largest absolute Gasteiger partial charge is 1.00 e. The molecule has 0 N–H and O–H groups in total. The molecule has 0 amide bonds. The predicted molar refractivity (Wildman–Crippen MR) is 155 cm³/mol. The molecule has 4 aromatic carbocycles. The van der Waals surface area contributed by atoms with Crippen LogP contribution in [0.25, 0.3) is 23.3 Å². The van der Waals surface area contributed by atoms with Crippen molar-refractivity contribution in [3.8, 4) is 11.1 Å². The summed E-state index contributed by atoms with van der Waals surface area (Å²) in [5.41, 5.74) is -1.35. The van der Waals surface area contributed by atoms with E-state index in [-0.39, 0.29) is 128 Å². The third-order valence-corrected chi connectivity index (χ3v) is 9.74. The first-order valence-corrected chi connectivity index (χ1v) is 17.0. The van der Waals surface area contributed by atoms with E-state index in [1.54, 1.807) is 24.3 Å². The predicted octanol–water partition coefficient (Wildman–Crippen LogP) is -6.76. The second-order valence-corrected chi connectivity index (χ2v) is 13.9. The van der Waals surface area contributed by atoms with Gasteiger partial charge in [-0.1, -0.05) is 107 Å². The SMILES string of the molecule is O=P([O-])([O-])c1cc(-c2ccc(CSCc3ccc(C(F)(F)P(=O)([O-])[O-])c(Br)c3)cc2)ccc1/C=C/c1ccccc1.[Na+].[Na+].[Na+].[Na+]. The molecule has 0 fully saturated rings. The van der Waals surface area contributed by atoms with Crippen molar-refractivity contribution in [1.29, 1.82) is 0 Å². The summed E-state index contributed by atoms with van der Waals surface area (Å²) in [5.74, 6) is 0.999. The Hall–Kier alpha value is 1.61. The van der Waals surface area contributed by atoms with Gasteiger partial charge in [-0.05, 0) is 58.4 Å². The number of hydrogen-bond donors (Lipinski definition) is 0. The Morgan fingerprint density at radius 2 is 1.27 bits per heavy atom. The molecule has 0 saturated heterocycles. The van der Waals surface area contributed by atoms with Crippen LogP contribution in [0.1, 0.15) is 27.8 Å². The zero-order chi connectivity index (χ0) is 29.8. The van der Waals surface area contributed by atoms with Crippen molar-refractivity contribution in [3.63, 3.8) is 0 Å². The fraction of sp³-hybridized carbons (Fsp3) is 0.103. The normalized spacial score (nSPS) is 11.5. The van der Waals surface area contributed by atoms with Gasteiger partial charge >= 0.3 is 118 Å². The van der Waals surface area contributed by atoms with Crippen LogP contribution in [-0.2, 0) is 26.3 Å². The van der Waals surface area contributed by atoms with Gasteiger partial charge in [-0.15, -0.1) is 0 Å². The third kappa shape index (κ3) is 13.0. The van der Waals surface area contributed by atoms with E-state index in [0.29, 0.717) is 28.2 Å². The first-order valence-electron chi connectivity index (χ1n) is 12.0. The number of alkyl halides is 2. The third-order valence-electron chi connectivity index (χ3n) is 6.11. The Labute approximate surface area is 362 Å². The number of hydrogen-bond acceptors (Lipinski definition) is 7. The molecule has 0 unspecified atom stereocenters. The Balaban J connectivity index is 0.00000484. The minimum Gasteiger partial charge on any atom is -0.807 e. The summed E-state index contributed by atoms with van der Waals surface area (Å²) in [7, 11) is -11.2.